The quantitative estimate of drug-likeness (QED) is 0.767. The van der Waals surface area contributed by atoms with Gasteiger partial charge in [-0.05, 0) is 29.2 Å². The van der Waals surface area contributed by atoms with Crippen molar-refractivity contribution in [2.24, 2.45) is 0 Å². The number of benzene rings is 1. The summed E-state index contributed by atoms with van der Waals surface area (Å²) in [7, 11) is 0. The topological polar surface area (TPSA) is 54.4 Å². The monoisotopic (exact) mass is 216 g/mol. The van der Waals surface area contributed by atoms with Gasteiger partial charge in [-0.1, -0.05) is 18.2 Å². The minimum Gasteiger partial charge on any atom is -0.478 e. The summed E-state index contributed by atoms with van der Waals surface area (Å²) in [5.41, 5.74) is 3.05. The molecule has 0 radical (unpaired) electrons. The molecule has 0 fully saturated rings. The molecule has 3 nitrogen and oxygen atoms in total. The zero-order valence-corrected chi connectivity index (χ0v) is 8.77. The van der Waals surface area contributed by atoms with Crippen LogP contribution in [-0.4, -0.2) is 16.9 Å². The molecule has 0 saturated carbocycles. The van der Waals surface area contributed by atoms with E-state index in [4.69, 9.17) is 5.11 Å². The molecule has 3 heteroatoms. The zero-order chi connectivity index (χ0) is 11.5. The molecule has 2 rings (SSSR count). The first kappa shape index (κ1) is 10.6. The highest BCUT2D eigenvalue weighted by Crippen LogP contribution is 2.23. The molecule has 0 unspecified atom stereocenters. The van der Waals surface area contributed by atoms with Crippen molar-refractivity contribution in [1.82, 2.24) is 0 Å². The average molecular weight is 216 g/mol. The summed E-state index contributed by atoms with van der Waals surface area (Å²) in [5.74, 6) is -0.698. The zero-order valence-electron chi connectivity index (χ0n) is 8.77. The normalized spacial score (nSPS) is 15.1. The predicted molar refractivity (Wildman–Crippen MR) is 60.1 cm³/mol. The van der Waals surface area contributed by atoms with Crippen molar-refractivity contribution in [2.45, 2.75) is 19.3 Å². The van der Waals surface area contributed by atoms with E-state index >= 15 is 0 Å². The standard InChI is InChI=1S/C13H12O3/c14-11-5-6-12-9(4-7-13(15)16)2-1-3-10(12)8-11/h1-4,7H,5-6,8H2,(H,15,16)/b7-4+. The fourth-order valence-electron chi connectivity index (χ4n) is 2.01. The van der Waals surface area contributed by atoms with Gasteiger partial charge in [-0.25, -0.2) is 4.79 Å². The number of hydrogen-bond donors (Lipinski definition) is 1. The van der Waals surface area contributed by atoms with Crippen molar-refractivity contribution >= 4 is 17.8 Å². The van der Waals surface area contributed by atoms with E-state index in [0.717, 1.165) is 22.8 Å². The van der Waals surface area contributed by atoms with E-state index in [-0.39, 0.29) is 5.78 Å². The summed E-state index contributed by atoms with van der Waals surface area (Å²) in [6.07, 6.45) is 4.48. The fraction of sp³-hybridized carbons (Fsp3) is 0.231. The Labute approximate surface area is 93.4 Å². The third-order valence-corrected chi connectivity index (χ3v) is 2.76. The van der Waals surface area contributed by atoms with Crippen molar-refractivity contribution in [3.63, 3.8) is 0 Å². The SMILES string of the molecule is O=C(O)/C=C/c1cccc2c1CCC(=O)C2. The average Bonchev–Trinajstić information content (AvgIpc) is 2.25. The molecule has 0 amide bonds. The second-order valence-corrected chi connectivity index (χ2v) is 3.87. The minimum atomic E-state index is -0.954. The van der Waals surface area contributed by atoms with Gasteiger partial charge in [0.2, 0.25) is 0 Å². The molecule has 16 heavy (non-hydrogen) atoms. The molecule has 1 aromatic rings. The highest BCUT2D eigenvalue weighted by atomic mass is 16.4. The molecule has 82 valence electrons. The third kappa shape index (κ3) is 2.19. The molecule has 1 N–H and O–H groups in total. The number of carbonyl (C=O) groups excluding carboxylic acids is 1. The van der Waals surface area contributed by atoms with Crippen molar-refractivity contribution in [3.05, 3.63) is 41.0 Å². The summed E-state index contributed by atoms with van der Waals surface area (Å²) in [5, 5.41) is 8.58. The van der Waals surface area contributed by atoms with Crippen LogP contribution in [0.3, 0.4) is 0 Å². The molecule has 1 aromatic carbocycles. The first-order valence-electron chi connectivity index (χ1n) is 5.20. The number of carboxylic acids is 1. The van der Waals surface area contributed by atoms with Gasteiger partial charge in [0.05, 0.1) is 0 Å². The van der Waals surface area contributed by atoms with Crippen LogP contribution in [0.4, 0.5) is 0 Å². The van der Waals surface area contributed by atoms with Crippen LogP contribution in [0, 0.1) is 0 Å². The largest absolute Gasteiger partial charge is 0.478 e. The van der Waals surface area contributed by atoms with E-state index in [0.29, 0.717) is 19.3 Å². The highest BCUT2D eigenvalue weighted by molar-refractivity contribution is 5.87. The van der Waals surface area contributed by atoms with Crippen LogP contribution in [0.15, 0.2) is 24.3 Å². The van der Waals surface area contributed by atoms with Gasteiger partial charge in [-0.3, -0.25) is 4.79 Å². The number of carboxylic acid groups (broad SMARTS) is 1. The van der Waals surface area contributed by atoms with Crippen LogP contribution >= 0.6 is 0 Å². The molecule has 0 bridgehead atoms. The second kappa shape index (κ2) is 4.31. The van der Waals surface area contributed by atoms with Gasteiger partial charge in [0, 0.05) is 18.9 Å². The molecule has 0 heterocycles. The molecular weight excluding hydrogens is 204 g/mol. The van der Waals surface area contributed by atoms with Crippen molar-refractivity contribution in [3.8, 4) is 0 Å². The van der Waals surface area contributed by atoms with E-state index in [1.165, 1.54) is 0 Å². The van der Waals surface area contributed by atoms with Gasteiger partial charge in [-0.2, -0.15) is 0 Å². The van der Waals surface area contributed by atoms with Gasteiger partial charge >= 0.3 is 5.97 Å². The summed E-state index contributed by atoms with van der Waals surface area (Å²) < 4.78 is 0. The van der Waals surface area contributed by atoms with E-state index in [9.17, 15) is 9.59 Å². The lowest BCUT2D eigenvalue weighted by molar-refractivity contribution is -0.131. The molecule has 1 aliphatic rings. The Kier molecular flexibility index (Phi) is 2.86. The van der Waals surface area contributed by atoms with Crippen LogP contribution < -0.4 is 0 Å². The highest BCUT2D eigenvalue weighted by Gasteiger charge is 2.16. The van der Waals surface area contributed by atoms with E-state index < -0.39 is 5.97 Å². The number of hydrogen-bond acceptors (Lipinski definition) is 2. The number of carbonyl (C=O) groups is 2. The maximum Gasteiger partial charge on any atom is 0.328 e. The van der Waals surface area contributed by atoms with Crippen LogP contribution in [0.1, 0.15) is 23.1 Å². The maximum atomic E-state index is 11.3. The Morgan fingerprint density at radius 2 is 2.12 bits per heavy atom. The van der Waals surface area contributed by atoms with Crippen LogP contribution in [0.25, 0.3) is 6.08 Å². The number of fused-ring (bicyclic) bond motifs is 1. The Morgan fingerprint density at radius 3 is 2.88 bits per heavy atom. The molecule has 1 aliphatic carbocycles. The molecule has 0 atom stereocenters. The molecular formula is C13H12O3. The second-order valence-electron chi connectivity index (χ2n) is 3.87. The smallest absolute Gasteiger partial charge is 0.328 e. The molecule has 0 aliphatic heterocycles. The Balaban J connectivity index is 2.37. The van der Waals surface area contributed by atoms with Gasteiger partial charge in [-0.15, -0.1) is 0 Å². The first-order chi connectivity index (χ1) is 7.66. The lowest BCUT2D eigenvalue weighted by Gasteiger charge is -2.16. The number of aliphatic carboxylic acids is 1. The minimum absolute atomic E-state index is 0.256. The van der Waals surface area contributed by atoms with Crippen LogP contribution in [-0.2, 0) is 22.4 Å². The third-order valence-electron chi connectivity index (χ3n) is 2.76. The van der Waals surface area contributed by atoms with Gasteiger partial charge < -0.3 is 5.11 Å². The van der Waals surface area contributed by atoms with Crippen LogP contribution in [0.2, 0.25) is 0 Å². The van der Waals surface area contributed by atoms with Gasteiger partial charge in [0.25, 0.3) is 0 Å². The Bertz CT molecular complexity index is 472. The van der Waals surface area contributed by atoms with Crippen molar-refractivity contribution in [1.29, 1.82) is 0 Å². The Morgan fingerprint density at radius 1 is 1.31 bits per heavy atom. The predicted octanol–water partition coefficient (Wildman–Crippen LogP) is 1.84. The number of rotatable bonds is 2. The molecule has 0 saturated heterocycles. The van der Waals surface area contributed by atoms with Gasteiger partial charge in [0.15, 0.2) is 0 Å². The van der Waals surface area contributed by atoms with E-state index in [1.807, 2.05) is 18.2 Å². The summed E-state index contributed by atoms with van der Waals surface area (Å²) in [6.45, 7) is 0. The number of Topliss-reactive ketones (excluding diaryl/α,β-unsaturated/α-hetero) is 1. The van der Waals surface area contributed by atoms with Crippen molar-refractivity contribution in [2.75, 3.05) is 0 Å². The summed E-state index contributed by atoms with van der Waals surface area (Å²) >= 11 is 0. The Hall–Kier alpha value is -1.90. The summed E-state index contributed by atoms with van der Waals surface area (Å²) in [4.78, 5) is 21.7. The van der Waals surface area contributed by atoms with Gasteiger partial charge in [0.1, 0.15) is 5.78 Å². The van der Waals surface area contributed by atoms with Crippen LogP contribution in [0.5, 0.6) is 0 Å². The maximum absolute atomic E-state index is 11.3. The molecule has 0 spiro atoms. The lowest BCUT2D eigenvalue weighted by atomic mass is 9.87. The summed E-state index contributed by atoms with van der Waals surface area (Å²) in [6, 6.07) is 5.68. The molecule has 0 aromatic heterocycles. The lowest BCUT2D eigenvalue weighted by Crippen LogP contribution is -2.14. The fourth-order valence-corrected chi connectivity index (χ4v) is 2.01. The van der Waals surface area contributed by atoms with E-state index in [1.54, 1.807) is 6.08 Å². The van der Waals surface area contributed by atoms with Crippen molar-refractivity contribution < 1.29 is 14.7 Å². The van der Waals surface area contributed by atoms with E-state index in [2.05, 4.69) is 0 Å². The number of ketones is 1. The first-order valence-corrected chi connectivity index (χ1v) is 5.20.